The van der Waals surface area contributed by atoms with Crippen LogP contribution in [0.3, 0.4) is 0 Å². The number of nitriles is 1. The van der Waals surface area contributed by atoms with Gasteiger partial charge in [-0.25, -0.2) is 0 Å². The summed E-state index contributed by atoms with van der Waals surface area (Å²) < 4.78 is 23.1. The van der Waals surface area contributed by atoms with Gasteiger partial charge in [0.15, 0.2) is 11.1 Å². The van der Waals surface area contributed by atoms with Crippen molar-refractivity contribution >= 4 is 13.0 Å². The molecule has 24 heavy (non-hydrogen) atoms. The first-order valence-corrected chi connectivity index (χ1v) is 10.4. The number of nitrogens with zero attached hydrogens (tertiary/aromatic N) is 2. The summed E-state index contributed by atoms with van der Waals surface area (Å²) in [6, 6.07) is 2.14. The number of H-pyrrole nitrogens is 1. The van der Waals surface area contributed by atoms with Gasteiger partial charge in [0.05, 0.1) is 0 Å². The van der Waals surface area contributed by atoms with Crippen LogP contribution in [0.15, 0.2) is 0 Å². The molecule has 0 unspecified atom stereocenters. The van der Waals surface area contributed by atoms with Crippen LogP contribution in [-0.4, -0.2) is 24.4 Å². The van der Waals surface area contributed by atoms with E-state index < -0.39 is 7.60 Å². The highest BCUT2D eigenvalue weighted by atomic mass is 31.2. The number of nitrogens with one attached hydrogen (secondary N) is 1. The number of aromatic amines is 1. The van der Waals surface area contributed by atoms with Crippen molar-refractivity contribution in [3.8, 4) is 6.07 Å². The topological polar surface area (TPSA) is 88.0 Å². The second-order valence-electron chi connectivity index (χ2n) is 6.41. The van der Waals surface area contributed by atoms with E-state index in [1.54, 1.807) is 0 Å². The molecule has 0 amide bonds. The fourth-order valence-electron chi connectivity index (χ4n) is 3.55. The van der Waals surface area contributed by atoms with Crippen molar-refractivity contribution in [2.45, 2.75) is 70.1 Å². The Hall–Kier alpha value is -1.15. The summed E-state index contributed by atoms with van der Waals surface area (Å²) in [5, 5.41) is 16.3. The Morgan fingerprint density at radius 1 is 1.04 bits per heavy atom. The largest absolute Gasteiger partial charge is 0.378 e. The maximum absolute atomic E-state index is 12.9. The Morgan fingerprint density at radius 3 is 2.00 bits per heavy atom. The molecule has 0 aliphatic heterocycles. The third-order valence-electron chi connectivity index (χ3n) is 4.91. The number of aromatic nitrogens is 2. The minimum atomic E-state index is -3.45. The van der Waals surface area contributed by atoms with Gasteiger partial charge in [-0.05, 0) is 18.8 Å². The van der Waals surface area contributed by atoms with Crippen molar-refractivity contribution in [1.29, 1.82) is 5.26 Å². The van der Waals surface area contributed by atoms with Gasteiger partial charge in [0, 0.05) is 19.8 Å². The monoisotopic (exact) mass is 353 g/mol. The molecule has 1 fully saturated rings. The van der Waals surface area contributed by atoms with Gasteiger partial charge in [-0.2, -0.15) is 10.4 Å². The second-order valence-corrected chi connectivity index (χ2v) is 8.58. The van der Waals surface area contributed by atoms with Gasteiger partial charge in [-0.3, -0.25) is 9.66 Å². The van der Waals surface area contributed by atoms with Crippen molar-refractivity contribution in [3.05, 3.63) is 11.3 Å². The molecule has 0 bridgehead atoms. The highest BCUT2D eigenvalue weighted by molar-refractivity contribution is 7.62. The molecule has 1 aromatic heterocycles. The van der Waals surface area contributed by atoms with Crippen LogP contribution in [0.2, 0.25) is 0 Å². The Labute approximate surface area is 144 Å². The molecular weight excluding hydrogens is 325 g/mol. The fourth-order valence-corrected chi connectivity index (χ4v) is 4.82. The van der Waals surface area contributed by atoms with E-state index in [-0.39, 0.29) is 5.92 Å². The molecule has 0 spiro atoms. The van der Waals surface area contributed by atoms with Crippen LogP contribution in [0.1, 0.15) is 81.4 Å². The molecular formula is C17H28N3O3P. The Kier molecular flexibility index (Phi) is 7.48. The zero-order valence-corrected chi connectivity index (χ0v) is 15.6. The zero-order chi connectivity index (χ0) is 17.4. The van der Waals surface area contributed by atoms with E-state index in [1.165, 1.54) is 52.7 Å². The standard InChI is InChI=1S/C17H28N3O3P/c1-22-24(21,23-2)17-16(15(13-18)19-20-17)14-11-9-7-5-3-4-6-8-10-12-14/h14H,3-12H2,1-2H3,(H,19,20). The lowest BCUT2D eigenvalue weighted by molar-refractivity contribution is 0.286. The lowest BCUT2D eigenvalue weighted by Gasteiger charge is -2.20. The van der Waals surface area contributed by atoms with Crippen LogP contribution < -0.4 is 5.44 Å². The van der Waals surface area contributed by atoms with Gasteiger partial charge >= 0.3 is 7.60 Å². The van der Waals surface area contributed by atoms with Gasteiger partial charge in [0.2, 0.25) is 0 Å². The normalized spacial score (nSPS) is 18.7. The highest BCUT2D eigenvalue weighted by Gasteiger charge is 2.35. The van der Waals surface area contributed by atoms with Gasteiger partial charge in [0.1, 0.15) is 6.07 Å². The van der Waals surface area contributed by atoms with Crippen LogP contribution >= 0.6 is 7.60 Å². The van der Waals surface area contributed by atoms with Gasteiger partial charge in [-0.15, -0.1) is 0 Å². The first kappa shape index (κ1) is 19.2. The molecule has 0 saturated heterocycles. The van der Waals surface area contributed by atoms with Crippen molar-refractivity contribution in [3.63, 3.8) is 0 Å². The van der Waals surface area contributed by atoms with E-state index in [2.05, 4.69) is 16.3 Å². The highest BCUT2D eigenvalue weighted by Crippen LogP contribution is 2.47. The van der Waals surface area contributed by atoms with Crippen LogP contribution in [0.25, 0.3) is 0 Å². The Bertz CT molecular complexity index is 589. The first-order valence-electron chi connectivity index (χ1n) is 8.86. The molecule has 1 heterocycles. The molecule has 0 radical (unpaired) electrons. The minimum absolute atomic E-state index is 0.171. The van der Waals surface area contributed by atoms with Crippen molar-refractivity contribution < 1.29 is 13.6 Å². The summed E-state index contributed by atoms with van der Waals surface area (Å²) in [6.07, 6.45) is 11.8. The van der Waals surface area contributed by atoms with Gasteiger partial charge in [-0.1, -0.05) is 51.4 Å². The predicted octanol–water partition coefficient (Wildman–Crippen LogP) is 4.39. The molecule has 6 nitrogen and oxygen atoms in total. The van der Waals surface area contributed by atoms with Crippen LogP contribution in [0, 0.1) is 11.3 Å². The third kappa shape index (κ3) is 4.47. The number of hydrogen-bond donors (Lipinski definition) is 1. The quantitative estimate of drug-likeness (QED) is 0.811. The summed E-state index contributed by atoms with van der Waals surface area (Å²) in [5.41, 5.74) is 1.41. The van der Waals surface area contributed by atoms with E-state index in [9.17, 15) is 9.83 Å². The summed E-state index contributed by atoms with van der Waals surface area (Å²) in [6.45, 7) is 0. The van der Waals surface area contributed by atoms with E-state index in [4.69, 9.17) is 9.05 Å². The van der Waals surface area contributed by atoms with E-state index in [1.807, 2.05) is 0 Å². The van der Waals surface area contributed by atoms with Crippen molar-refractivity contribution in [2.24, 2.45) is 0 Å². The zero-order valence-electron chi connectivity index (χ0n) is 14.7. The molecule has 1 N–H and O–H groups in total. The summed E-state index contributed by atoms with van der Waals surface area (Å²) >= 11 is 0. The molecule has 0 aromatic carbocycles. The summed E-state index contributed by atoms with van der Waals surface area (Å²) in [4.78, 5) is 0. The first-order chi connectivity index (χ1) is 11.7. The van der Waals surface area contributed by atoms with Crippen molar-refractivity contribution in [2.75, 3.05) is 14.2 Å². The number of hydrogen-bond acceptors (Lipinski definition) is 5. The molecule has 0 atom stereocenters. The summed E-state index contributed by atoms with van der Waals surface area (Å²) in [7, 11) is -0.733. The van der Waals surface area contributed by atoms with E-state index >= 15 is 0 Å². The molecule has 1 aromatic rings. The lowest BCUT2D eigenvalue weighted by atomic mass is 9.89. The average molecular weight is 353 g/mol. The minimum Gasteiger partial charge on any atom is -0.308 e. The van der Waals surface area contributed by atoms with E-state index in [0.717, 1.165) is 31.2 Å². The SMILES string of the molecule is COP(=O)(OC)c1[nH]nc(C#N)c1C1CCCCCCCCCC1. The Morgan fingerprint density at radius 2 is 1.54 bits per heavy atom. The summed E-state index contributed by atoms with van der Waals surface area (Å²) in [5.74, 6) is 0.171. The molecule has 1 saturated carbocycles. The van der Waals surface area contributed by atoms with Gasteiger partial charge < -0.3 is 9.05 Å². The molecule has 134 valence electrons. The maximum Gasteiger partial charge on any atom is 0.378 e. The van der Waals surface area contributed by atoms with E-state index in [0.29, 0.717) is 11.1 Å². The van der Waals surface area contributed by atoms with Crippen LogP contribution in [-0.2, 0) is 13.6 Å². The molecule has 1 aliphatic rings. The maximum atomic E-state index is 12.9. The second kappa shape index (κ2) is 9.36. The molecule has 7 heteroatoms. The fraction of sp³-hybridized carbons (Fsp3) is 0.765. The average Bonchev–Trinajstić information content (AvgIpc) is 3.02. The van der Waals surface area contributed by atoms with Crippen LogP contribution in [0.5, 0.6) is 0 Å². The predicted molar refractivity (Wildman–Crippen MR) is 93.5 cm³/mol. The van der Waals surface area contributed by atoms with Crippen LogP contribution in [0.4, 0.5) is 0 Å². The molecule has 1 aliphatic carbocycles. The smallest absolute Gasteiger partial charge is 0.308 e. The van der Waals surface area contributed by atoms with Gasteiger partial charge in [0.25, 0.3) is 0 Å². The lowest BCUT2D eigenvalue weighted by Crippen LogP contribution is -2.17. The van der Waals surface area contributed by atoms with Crippen molar-refractivity contribution in [1.82, 2.24) is 10.2 Å². The number of rotatable bonds is 4. The third-order valence-corrected chi connectivity index (χ3v) is 6.76. The Balaban J connectivity index is 2.34. The molecule has 2 rings (SSSR count).